The van der Waals surface area contributed by atoms with E-state index in [1.54, 1.807) is 18.0 Å². The molecule has 0 fully saturated rings. The average Bonchev–Trinajstić information content (AvgIpc) is 2.32. The summed E-state index contributed by atoms with van der Waals surface area (Å²) in [6, 6.07) is 8.68. The Kier molecular flexibility index (Phi) is 4.04. The molecule has 0 radical (unpaired) electrons. The lowest BCUT2D eigenvalue weighted by Gasteiger charge is -2.19. The summed E-state index contributed by atoms with van der Waals surface area (Å²) in [7, 11) is 1.75. The third-order valence-electron chi connectivity index (χ3n) is 2.52. The first-order valence-electron chi connectivity index (χ1n) is 5.33. The quantitative estimate of drug-likeness (QED) is 0.841. The van der Waals surface area contributed by atoms with E-state index in [1.165, 1.54) is 12.3 Å². The van der Waals surface area contributed by atoms with Crippen LogP contribution in [0.25, 0.3) is 0 Å². The van der Waals surface area contributed by atoms with Gasteiger partial charge in [0.1, 0.15) is 0 Å². The molecule has 1 aromatic heterocycles. The van der Waals surface area contributed by atoms with Crippen LogP contribution in [0.1, 0.15) is 5.56 Å². The lowest BCUT2D eigenvalue weighted by molar-refractivity contribution is 0.615. The van der Waals surface area contributed by atoms with E-state index in [0.717, 1.165) is 5.56 Å². The molecule has 94 valence electrons. The van der Waals surface area contributed by atoms with E-state index in [2.05, 4.69) is 4.98 Å². The maximum atomic E-state index is 13.7. The van der Waals surface area contributed by atoms with Crippen LogP contribution in [-0.4, -0.2) is 12.0 Å². The van der Waals surface area contributed by atoms with Gasteiger partial charge in [-0.1, -0.05) is 41.4 Å². The number of rotatable bonds is 3. The predicted molar refractivity (Wildman–Crippen MR) is 72.8 cm³/mol. The molecule has 0 saturated carbocycles. The highest BCUT2D eigenvalue weighted by atomic mass is 35.5. The van der Waals surface area contributed by atoms with Crippen molar-refractivity contribution in [1.29, 1.82) is 0 Å². The van der Waals surface area contributed by atoms with Crippen LogP contribution in [-0.2, 0) is 6.54 Å². The summed E-state index contributed by atoms with van der Waals surface area (Å²) in [5.74, 6) is -0.198. The largest absolute Gasteiger partial charge is 0.353 e. The molecule has 0 unspecified atom stereocenters. The summed E-state index contributed by atoms with van der Waals surface area (Å²) >= 11 is 11.7. The molecule has 0 saturated heterocycles. The third-order valence-corrected chi connectivity index (χ3v) is 3.09. The van der Waals surface area contributed by atoms with Gasteiger partial charge in [0.2, 0.25) is 0 Å². The Morgan fingerprint density at radius 3 is 2.67 bits per heavy atom. The Morgan fingerprint density at radius 2 is 2.00 bits per heavy atom. The Morgan fingerprint density at radius 1 is 1.28 bits per heavy atom. The third kappa shape index (κ3) is 2.92. The highest BCUT2D eigenvalue weighted by Gasteiger charge is 2.11. The standard InChI is InChI=1S/C13H11Cl2FN2/c1-18(8-9-4-2-3-5-11(9)15)13-12(16)6-10(14)7-17-13/h2-7H,8H2,1H3. The number of hydrogen-bond donors (Lipinski definition) is 0. The van der Waals surface area contributed by atoms with E-state index in [4.69, 9.17) is 23.2 Å². The van der Waals surface area contributed by atoms with Crippen molar-refractivity contribution in [2.24, 2.45) is 0 Å². The van der Waals surface area contributed by atoms with Gasteiger partial charge in [0.25, 0.3) is 0 Å². The second-order valence-corrected chi connectivity index (χ2v) is 4.75. The van der Waals surface area contributed by atoms with Gasteiger partial charge >= 0.3 is 0 Å². The van der Waals surface area contributed by atoms with Crippen LogP contribution >= 0.6 is 23.2 Å². The van der Waals surface area contributed by atoms with Crippen LogP contribution in [0.2, 0.25) is 10.0 Å². The van der Waals surface area contributed by atoms with Crippen LogP contribution < -0.4 is 4.90 Å². The van der Waals surface area contributed by atoms with Gasteiger partial charge in [0.05, 0.1) is 5.02 Å². The summed E-state index contributed by atoms with van der Waals surface area (Å²) in [6.07, 6.45) is 1.42. The molecule has 0 aliphatic heterocycles. The maximum Gasteiger partial charge on any atom is 0.167 e. The topological polar surface area (TPSA) is 16.1 Å². The Hall–Kier alpha value is -1.32. The van der Waals surface area contributed by atoms with E-state index in [0.29, 0.717) is 11.6 Å². The van der Waals surface area contributed by atoms with Gasteiger partial charge in [-0.05, 0) is 17.7 Å². The van der Waals surface area contributed by atoms with Crippen molar-refractivity contribution >= 4 is 29.0 Å². The average molecular weight is 285 g/mol. The van der Waals surface area contributed by atoms with E-state index < -0.39 is 5.82 Å². The molecule has 5 heteroatoms. The zero-order valence-electron chi connectivity index (χ0n) is 9.70. The van der Waals surface area contributed by atoms with Crippen molar-refractivity contribution in [2.75, 3.05) is 11.9 Å². The molecule has 0 atom stereocenters. The minimum Gasteiger partial charge on any atom is -0.353 e. The van der Waals surface area contributed by atoms with Crippen LogP contribution in [0, 0.1) is 5.82 Å². The molecule has 0 amide bonds. The highest BCUT2D eigenvalue weighted by molar-refractivity contribution is 6.31. The summed E-state index contributed by atoms with van der Waals surface area (Å²) in [5, 5.41) is 0.932. The molecule has 0 aliphatic rings. The minimum absolute atomic E-state index is 0.249. The monoisotopic (exact) mass is 284 g/mol. The van der Waals surface area contributed by atoms with Gasteiger partial charge in [0, 0.05) is 24.8 Å². The molecule has 1 aromatic carbocycles. The van der Waals surface area contributed by atoms with E-state index >= 15 is 0 Å². The molecule has 2 rings (SSSR count). The van der Waals surface area contributed by atoms with E-state index in [-0.39, 0.29) is 10.8 Å². The van der Waals surface area contributed by atoms with E-state index in [1.807, 2.05) is 18.2 Å². The summed E-state index contributed by atoms with van der Waals surface area (Å²) in [4.78, 5) is 5.67. The number of halogens is 3. The second kappa shape index (κ2) is 5.55. The van der Waals surface area contributed by atoms with E-state index in [9.17, 15) is 4.39 Å². The molecule has 2 aromatic rings. The normalized spacial score (nSPS) is 10.4. The lowest BCUT2D eigenvalue weighted by atomic mass is 10.2. The number of pyridine rings is 1. The number of aromatic nitrogens is 1. The van der Waals surface area contributed by atoms with Gasteiger partial charge in [-0.2, -0.15) is 0 Å². The van der Waals surface area contributed by atoms with Crippen LogP contribution in [0.3, 0.4) is 0 Å². The summed E-state index contributed by atoms with van der Waals surface area (Å²) in [6.45, 7) is 0.477. The number of hydrogen-bond acceptors (Lipinski definition) is 2. The van der Waals surface area contributed by atoms with Gasteiger partial charge in [0.15, 0.2) is 11.6 Å². The molecular formula is C13H11Cl2FN2. The molecule has 0 N–H and O–H groups in total. The predicted octanol–water partition coefficient (Wildman–Crippen LogP) is 4.16. The van der Waals surface area contributed by atoms with Crippen molar-refractivity contribution in [2.45, 2.75) is 6.54 Å². The van der Waals surface area contributed by atoms with Crippen molar-refractivity contribution in [1.82, 2.24) is 4.98 Å². The minimum atomic E-state index is -0.447. The van der Waals surface area contributed by atoms with Crippen molar-refractivity contribution in [3.05, 3.63) is 58.0 Å². The maximum absolute atomic E-state index is 13.7. The molecule has 2 nitrogen and oxygen atoms in total. The number of nitrogens with zero attached hydrogens (tertiary/aromatic N) is 2. The van der Waals surface area contributed by atoms with Crippen LogP contribution in [0.15, 0.2) is 36.5 Å². The fourth-order valence-electron chi connectivity index (χ4n) is 1.65. The Balaban J connectivity index is 2.22. The molecule has 0 aliphatic carbocycles. The highest BCUT2D eigenvalue weighted by Crippen LogP contribution is 2.22. The lowest BCUT2D eigenvalue weighted by Crippen LogP contribution is -2.19. The Labute approximate surface area is 115 Å². The molecule has 1 heterocycles. The fourth-order valence-corrected chi connectivity index (χ4v) is 1.99. The van der Waals surface area contributed by atoms with Crippen molar-refractivity contribution < 1.29 is 4.39 Å². The van der Waals surface area contributed by atoms with Crippen molar-refractivity contribution in [3.63, 3.8) is 0 Å². The van der Waals surface area contributed by atoms with Crippen molar-refractivity contribution in [3.8, 4) is 0 Å². The zero-order valence-corrected chi connectivity index (χ0v) is 11.2. The van der Waals surface area contributed by atoms with Crippen LogP contribution in [0.4, 0.5) is 10.2 Å². The number of benzene rings is 1. The first kappa shape index (κ1) is 13.1. The van der Waals surface area contributed by atoms with Gasteiger partial charge in [-0.3, -0.25) is 0 Å². The van der Waals surface area contributed by atoms with Gasteiger partial charge in [-0.25, -0.2) is 9.37 Å². The first-order valence-corrected chi connectivity index (χ1v) is 6.09. The second-order valence-electron chi connectivity index (χ2n) is 3.91. The Bertz CT molecular complexity index is 560. The van der Waals surface area contributed by atoms with Gasteiger partial charge < -0.3 is 4.90 Å². The first-order chi connectivity index (χ1) is 8.58. The smallest absolute Gasteiger partial charge is 0.167 e. The number of anilines is 1. The molecule has 0 bridgehead atoms. The zero-order chi connectivity index (χ0) is 13.1. The summed E-state index contributed by atoms with van der Waals surface area (Å²) in [5.41, 5.74) is 0.915. The fraction of sp³-hybridized carbons (Fsp3) is 0.154. The SMILES string of the molecule is CN(Cc1ccccc1Cl)c1ncc(Cl)cc1F. The molecule has 0 spiro atoms. The van der Waals surface area contributed by atoms with Crippen LogP contribution in [0.5, 0.6) is 0 Å². The van der Waals surface area contributed by atoms with Gasteiger partial charge in [-0.15, -0.1) is 0 Å². The summed E-state index contributed by atoms with van der Waals surface area (Å²) < 4.78 is 13.7. The molecule has 18 heavy (non-hydrogen) atoms. The molecular weight excluding hydrogens is 274 g/mol.